The van der Waals surface area contributed by atoms with E-state index in [1.165, 1.54) is 0 Å². The normalized spacial score (nSPS) is 31.5. The van der Waals surface area contributed by atoms with E-state index in [2.05, 4.69) is 25.3 Å². The summed E-state index contributed by atoms with van der Waals surface area (Å²) in [5, 5.41) is 9.12. The van der Waals surface area contributed by atoms with Crippen LogP contribution in [0.15, 0.2) is 12.3 Å². The zero-order valence-electron chi connectivity index (χ0n) is 7.43. The van der Waals surface area contributed by atoms with Gasteiger partial charge >= 0.3 is 0 Å². The highest BCUT2D eigenvalue weighted by molar-refractivity contribution is 5.13. The number of rotatable bonds is 2. The Morgan fingerprint density at radius 1 is 1.73 bits per heavy atom. The maximum Gasteiger partial charge on any atom is 0.0539 e. The molecule has 1 heterocycles. The molecule has 0 aromatic heterocycles. The van der Waals surface area contributed by atoms with E-state index in [1.54, 1.807) is 0 Å². The Hall–Kier alpha value is -0.500. The van der Waals surface area contributed by atoms with E-state index >= 15 is 0 Å². The van der Waals surface area contributed by atoms with Gasteiger partial charge in [-0.1, -0.05) is 13.5 Å². The van der Waals surface area contributed by atoms with Gasteiger partial charge in [-0.3, -0.25) is 0 Å². The van der Waals surface area contributed by atoms with Gasteiger partial charge in [0.1, 0.15) is 0 Å². The van der Waals surface area contributed by atoms with Crippen LogP contribution >= 0.6 is 0 Å². The molecule has 11 heavy (non-hydrogen) atoms. The molecule has 0 bridgehead atoms. The summed E-state index contributed by atoms with van der Waals surface area (Å²) in [7, 11) is 0. The summed E-state index contributed by atoms with van der Waals surface area (Å²) in [6.45, 7) is 10.5. The van der Waals surface area contributed by atoms with Gasteiger partial charge in [-0.15, -0.1) is 0 Å². The topological polar surface area (TPSA) is 23.5 Å². The number of aliphatic hydroxyl groups is 1. The van der Waals surface area contributed by atoms with E-state index < -0.39 is 0 Å². The second kappa shape index (κ2) is 2.86. The third-order valence-electron chi connectivity index (χ3n) is 2.74. The number of likely N-dealkylation sites (tertiary alicyclic amines) is 1. The molecule has 0 aromatic rings. The molecule has 1 atom stereocenters. The average molecular weight is 155 g/mol. The van der Waals surface area contributed by atoms with Gasteiger partial charge < -0.3 is 10.0 Å². The molecule has 0 spiro atoms. The van der Waals surface area contributed by atoms with E-state index in [9.17, 15) is 0 Å². The van der Waals surface area contributed by atoms with Gasteiger partial charge in [0.2, 0.25) is 0 Å². The standard InChI is InChI=1S/C9H17NO/c1-4-10-6-5-9(3,7-11)8(10)2/h11H,2,4-7H2,1,3H3. The first-order valence-corrected chi connectivity index (χ1v) is 4.19. The molecule has 2 nitrogen and oxygen atoms in total. The smallest absolute Gasteiger partial charge is 0.0539 e. The predicted molar refractivity (Wildman–Crippen MR) is 46.2 cm³/mol. The van der Waals surface area contributed by atoms with E-state index in [-0.39, 0.29) is 12.0 Å². The van der Waals surface area contributed by atoms with Crippen LogP contribution in [0.25, 0.3) is 0 Å². The number of nitrogens with zero attached hydrogens (tertiary/aromatic N) is 1. The second-order valence-corrected chi connectivity index (χ2v) is 3.50. The van der Waals surface area contributed by atoms with Crippen LogP contribution in [-0.4, -0.2) is 29.7 Å². The Kier molecular flexibility index (Phi) is 2.23. The van der Waals surface area contributed by atoms with Crippen molar-refractivity contribution in [3.05, 3.63) is 12.3 Å². The molecule has 0 radical (unpaired) electrons. The molecule has 1 saturated heterocycles. The summed E-state index contributed by atoms with van der Waals surface area (Å²) in [6.07, 6.45) is 1.04. The molecule has 1 rings (SSSR count). The van der Waals surface area contributed by atoms with Gasteiger partial charge in [0.15, 0.2) is 0 Å². The molecule has 0 saturated carbocycles. The fraction of sp³-hybridized carbons (Fsp3) is 0.778. The van der Waals surface area contributed by atoms with Crippen LogP contribution in [0.3, 0.4) is 0 Å². The lowest BCUT2D eigenvalue weighted by Crippen LogP contribution is -2.24. The van der Waals surface area contributed by atoms with E-state index in [4.69, 9.17) is 5.11 Å². The van der Waals surface area contributed by atoms with E-state index in [0.717, 1.165) is 25.2 Å². The lowest BCUT2D eigenvalue weighted by molar-refractivity contribution is 0.177. The highest BCUT2D eigenvalue weighted by Crippen LogP contribution is 2.37. The van der Waals surface area contributed by atoms with Crippen molar-refractivity contribution in [1.29, 1.82) is 0 Å². The minimum atomic E-state index is -0.0456. The van der Waals surface area contributed by atoms with Crippen molar-refractivity contribution in [2.24, 2.45) is 5.41 Å². The zero-order valence-corrected chi connectivity index (χ0v) is 7.43. The molecular formula is C9H17NO. The summed E-state index contributed by atoms with van der Waals surface area (Å²) in [6, 6.07) is 0. The molecule has 1 aliphatic rings. The Morgan fingerprint density at radius 2 is 2.36 bits per heavy atom. The summed E-state index contributed by atoms with van der Waals surface area (Å²) in [5.74, 6) is 0. The number of hydrogen-bond donors (Lipinski definition) is 1. The fourth-order valence-corrected chi connectivity index (χ4v) is 1.56. The molecule has 64 valence electrons. The first-order chi connectivity index (χ1) is 5.14. The maximum absolute atomic E-state index is 9.12. The van der Waals surface area contributed by atoms with E-state index in [0.29, 0.717) is 0 Å². The largest absolute Gasteiger partial charge is 0.395 e. The molecule has 1 N–H and O–H groups in total. The van der Waals surface area contributed by atoms with E-state index in [1.807, 2.05) is 0 Å². The summed E-state index contributed by atoms with van der Waals surface area (Å²) >= 11 is 0. The third kappa shape index (κ3) is 1.27. The third-order valence-corrected chi connectivity index (χ3v) is 2.74. The zero-order chi connectivity index (χ0) is 8.48. The average Bonchev–Trinajstić information content (AvgIpc) is 2.31. The highest BCUT2D eigenvalue weighted by Gasteiger charge is 2.35. The molecule has 1 aliphatic heterocycles. The predicted octanol–water partition coefficient (Wildman–Crippen LogP) is 1.22. The van der Waals surface area contributed by atoms with Crippen LogP contribution in [0.5, 0.6) is 0 Å². The molecule has 0 aromatic carbocycles. The van der Waals surface area contributed by atoms with Gasteiger partial charge in [-0.2, -0.15) is 0 Å². The summed E-state index contributed by atoms with van der Waals surface area (Å²) < 4.78 is 0. The molecule has 2 heteroatoms. The maximum atomic E-state index is 9.12. The molecule has 0 aliphatic carbocycles. The molecule has 1 unspecified atom stereocenters. The quantitative estimate of drug-likeness (QED) is 0.648. The summed E-state index contributed by atoms with van der Waals surface area (Å²) in [4.78, 5) is 2.23. The lowest BCUT2D eigenvalue weighted by atomic mass is 9.88. The van der Waals surface area contributed by atoms with Crippen LogP contribution in [0.4, 0.5) is 0 Å². The van der Waals surface area contributed by atoms with Crippen molar-refractivity contribution in [2.75, 3.05) is 19.7 Å². The van der Waals surface area contributed by atoms with Crippen LogP contribution in [0.1, 0.15) is 20.3 Å². The van der Waals surface area contributed by atoms with Crippen LogP contribution in [0.2, 0.25) is 0 Å². The minimum Gasteiger partial charge on any atom is -0.395 e. The molecule has 0 amide bonds. The molecular weight excluding hydrogens is 138 g/mol. The van der Waals surface area contributed by atoms with Crippen molar-refractivity contribution in [1.82, 2.24) is 4.90 Å². The van der Waals surface area contributed by atoms with Crippen LogP contribution in [0, 0.1) is 5.41 Å². The minimum absolute atomic E-state index is 0.0456. The van der Waals surface area contributed by atoms with Crippen LogP contribution in [-0.2, 0) is 0 Å². The SMILES string of the molecule is C=C1N(CC)CCC1(C)CO. The van der Waals surface area contributed by atoms with Gasteiger partial charge in [0.05, 0.1) is 6.61 Å². The summed E-state index contributed by atoms with van der Waals surface area (Å²) in [5.41, 5.74) is 1.05. The lowest BCUT2D eigenvalue weighted by Gasteiger charge is -2.25. The Balaban J connectivity index is 2.69. The Morgan fingerprint density at radius 3 is 2.64 bits per heavy atom. The van der Waals surface area contributed by atoms with Gasteiger partial charge in [-0.25, -0.2) is 0 Å². The van der Waals surface area contributed by atoms with Gasteiger partial charge in [0.25, 0.3) is 0 Å². The first kappa shape index (κ1) is 8.60. The monoisotopic (exact) mass is 155 g/mol. The van der Waals surface area contributed by atoms with Gasteiger partial charge in [0, 0.05) is 24.2 Å². The van der Waals surface area contributed by atoms with Crippen molar-refractivity contribution < 1.29 is 5.11 Å². The van der Waals surface area contributed by atoms with Crippen molar-refractivity contribution in [3.8, 4) is 0 Å². The van der Waals surface area contributed by atoms with Crippen molar-refractivity contribution in [2.45, 2.75) is 20.3 Å². The Bertz CT molecular complexity index is 167. The van der Waals surface area contributed by atoms with Crippen molar-refractivity contribution in [3.63, 3.8) is 0 Å². The second-order valence-electron chi connectivity index (χ2n) is 3.50. The number of hydrogen-bond acceptors (Lipinski definition) is 2. The molecule has 1 fully saturated rings. The highest BCUT2D eigenvalue weighted by atomic mass is 16.3. The Labute approximate surface area is 68.5 Å². The van der Waals surface area contributed by atoms with Gasteiger partial charge in [-0.05, 0) is 13.3 Å². The first-order valence-electron chi connectivity index (χ1n) is 4.19. The number of aliphatic hydroxyl groups excluding tert-OH is 1. The fourth-order valence-electron chi connectivity index (χ4n) is 1.56. The van der Waals surface area contributed by atoms with Crippen molar-refractivity contribution >= 4 is 0 Å². The van der Waals surface area contributed by atoms with Crippen LogP contribution < -0.4 is 0 Å².